The lowest BCUT2D eigenvalue weighted by atomic mass is 10.1. The molecule has 106 valence electrons. The highest BCUT2D eigenvalue weighted by molar-refractivity contribution is 5.90. The number of rotatable bonds is 5. The van der Waals surface area contributed by atoms with E-state index in [9.17, 15) is 4.79 Å². The Labute approximate surface area is 118 Å². The average Bonchev–Trinajstić information content (AvgIpc) is 3.17. The summed E-state index contributed by atoms with van der Waals surface area (Å²) in [6.45, 7) is 2.49. The number of nitrogens with one attached hydrogen (secondary N) is 1. The third-order valence-corrected chi connectivity index (χ3v) is 3.92. The van der Waals surface area contributed by atoms with Gasteiger partial charge in [-0.25, -0.2) is 0 Å². The van der Waals surface area contributed by atoms with Gasteiger partial charge in [-0.3, -0.25) is 4.79 Å². The normalized spacial score (nSPS) is 14.9. The Kier molecular flexibility index (Phi) is 3.49. The van der Waals surface area contributed by atoms with E-state index < -0.39 is 0 Å². The molecule has 2 aromatic rings. The van der Waals surface area contributed by atoms with Gasteiger partial charge in [-0.2, -0.15) is 0 Å². The Morgan fingerprint density at radius 1 is 1.45 bits per heavy atom. The van der Waals surface area contributed by atoms with Crippen molar-refractivity contribution in [3.63, 3.8) is 0 Å². The topological polar surface area (TPSA) is 45.3 Å². The first-order chi connectivity index (χ1) is 9.65. The molecule has 0 unspecified atom stereocenters. The minimum atomic E-state index is -0.290. The van der Waals surface area contributed by atoms with Gasteiger partial charge in [0, 0.05) is 31.1 Å². The zero-order valence-corrected chi connectivity index (χ0v) is 12.0. The van der Waals surface area contributed by atoms with Crippen molar-refractivity contribution in [2.45, 2.75) is 32.2 Å². The molecule has 0 aliphatic heterocycles. The molecule has 1 aliphatic rings. The summed E-state index contributed by atoms with van der Waals surface area (Å²) >= 11 is 0. The molecule has 1 aromatic carbocycles. The summed E-state index contributed by atoms with van der Waals surface area (Å²) in [4.78, 5) is 16.8. The fourth-order valence-electron chi connectivity index (χ4n) is 2.63. The predicted molar refractivity (Wildman–Crippen MR) is 79.0 cm³/mol. The summed E-state index contributed by atoms with van der Waals surface area (Å²) in [7, 11) is 2.19. The van der Waals surface area contributed by atoms with Crippen molar-refractivity contribution in [3.8, 4) is 5.75 Å². The minimum absolute atomic E-state index is 0.290. The number of ether oxygens (including phenoxy) is 1. The number of nitrogens with zero attached hydrogens (tertiary/aromatic N) is 1. The molecule has 1 aromatic heterocycles. The molecule has 1 heterocycles. The summed E-state index contributed by atoms with van der Waals surface area (Å²) in [6.07, 6.45) is 5.71. The SMILES string of the molecule is CC(=O)Oc1cccc2c(CCN(C)C3CC3)c[nH]c12. The number of likely N-dealkylation sites (N-methyl/N-ethyl adjacent to an activating group) is 1. The van der Waals surface area contributed by atoms with Crippen LogP contribution in [0, 0.1) is 0 Å². The van der Waals surface area contributed by atoms with Gasteiger partial charge in [0.25, 0.3) is 0 Å². The highest BCUT2D eigenvalue weighted by atomic mass is 16.5. The molecule has 4 heteroatoms. The van der Waals surface area contributed by atoms with Gasteiger partial charge in [0.1, 0.15) is 0 Å². The van der Waals surface area contributed by atoms with Crippen LogP contribution in [0.1, 0.15) is 25.3 Å². The Hall–Kier alpha value is -1.81. The van der Waals surface area contributed by atoms with Crippen molar-refractivity contribution in [2.75, 3.05) is 13.6 Å². The highest BCUT2D eigenvalue weighted by Gasteiger charge is 2.25. The second-order valence-corrected chi connectivity index (χ2v) is 5.55. The smallest absolute Gasteiger partial charge is 0.308 e. The Bertz CT molecular complexity index is 628. The van der Waals surface area contributed by atoms with E-state index in [1.54, 1.807) is 0 Å². The fourth-order valence-corrected chi connectivity index (χ4v) is 2.63. The summed E-state index contributed by atoms with van der Waals surface area (Å²) in [5.41, 5.74) is 2.19. The molecular formula is C16H20N2O2. The van der Waals surface area contributed by atoms with Crippen molar-refractivity contribution in [2.24, 2.45) is 0 Å². The number of fused-ring (bicyclic) bond motifs is 1. The molecule has 0 amide bonds. The van der Waals surface area contributed by atoms with Crippen LogP contribution in [0.5, 0.6) is 5.75 Å². The monoisotopic (exact) mass is 272 g/mol. The zero-order valence-electron chi connectivity index (χ0n) is 12.0. The zero-order chi connectivity index (χ0) is 14.1. The van der Waals surface area contributed by atoms with E-state index in [-0.39, 0.29) is 5.97 Å². The maximum absolute atomic E-state index is 11.1. The number of esters is 1. The summed E-state index contributed by atoms with van der Waals surface area (Å²) in [5.74, 6) is 0.318. The van der Waals surface area contributed by atoms with Crippen LogP contribution in [0.4, 0.5) is 0 Å². The average molecular weight is 272 g/mol. The molecule has 1 saturated carbocycles. The van der Waals surface area contributed by atoms with Crippen molar-refractivity contribution in [1.29, 1.82) is 0 Å². The molecule has 20 heavy (non-hydrogen) atoms. The molecule has 0 radical (unpaired) electrons. The van der Waals surface area contributed by atoms with Crippen LogP contribution in [-0.4, -0.2) is 35.5 Å². The Morgan fingerprint density at radius 2 is 2.25 bits per heavy atom. The van der Waals surface area contributed by atoms with Crippen molar-refractivity contribution >= 4 is 16.9 Å². The number of aromatic amines is 1. The number of hydrogen-bond donors (Lipinski definition) is 1. The number of aromatic nitrogens is 1. The Morgan fingerprint density at radius 3 is 2.95 bits per heavy atom. The van der Waals surface area contributed by atoms with Gasteiger partial charge in [0.05, 0.1) is 5.52 Å². The first-order valence-electron chi connectivity index (χ1n) is 7.13. The van der Waals surface area contributed by atoms with Gasteiger partial charge in [-0.15, -0.1) is 0 Å². The van der Waals surface area contributed by atoms with Gasteiger partial charge in [0.2, 0.25) is 0 Å². The molecular weight excluding hydrogens is 252 g/mol. The number of benzene rings is 1. The van der Waals surface area contributed by atoms with Crippen LogP contribution in [-0.2, 0) is 11.2 Å². The molecule has 0 atom stereocenters. The van der Waals surface area contributed by atoms with Crippen molar-refractivity contribution < 1.29 is 9.53 Å². The van der Waals surface area contributed by atoms with E-state index >= 15 is 0 Å². The van der Waals surface area contributed by atoms with Gasteiger partial charge >= 0.3 is 5.97 Å². The van der Waals surface area contributed by atoms with Gasteiger partial charge < -0.3 is 14.6 Å². The van der Waals surface area contributed by atoms with E-state index in [2.05, 4.69) is 23.0 Å². The molecule has 1 aliphatic carbocycles. The summed E-state index contributed by atoms with van der Waals surface area (Å²) in [5, 5.41) is 1.15. The lowest BCUT2D eigenvalue weighted by Crippen LogP contribution is -2.23. The van der Waals surface area contributed by atoms with Gasteiger partial charge in [0.15, 0.2) is 5.75 Å². The van der Waals surface area contributed by atoms with Crippen molar-refractivity contribution in [1.82, 2.24) is 9.88 Å². The fraction of sp³-hybridized carbons (Fsp3) is 0.438. The molecule has 0 saturated heterocycles. The van der Waals surface area contributed by atoms with Crippen LogP contribution < -0.4 is 4.74 Å². The van der Waals surface area contributed by atoms with E-state index in [0.717, 1.165) is 29.9 Å². The summed E-state index contributed by atoms with van der Waals surface area (Å²) < 4.78 is 5.23. The number of para-hydroxylation sites is 1. The molecule has 4 nitrogen and oxygen atoms in total. The molecule has 0 spiro atoms. The first kappa shape index (κ1) is 13.2. The number of hydrogen-bond acceptors (Lipinski definition) is 3. The van der Waals surface area contributed by atoms with E-state index in [1.807, 2.05) is 18.3 Å². The van der Waals surface area contributed by atoms with E-state index in [0.29, 0.717) is 5.75 Å². The van der Waals surface area contributed by atoms with Crippen molar-refractivity contribution in [3.05, 3.63) is 30.0 Å². The summed E-state index contributed by atoms with van der Waals surface area (Å²) in [6, 6.07) is 6.62. The maximum Gasteiger partial charge on any atom is 0.308 e. The number of carbonyl (C=O) groups excluding carboxylic acids is 1. The lowest BCUT2D eigenvalue weighted by Gasteiger charge is -2.14. The minimum Gasteiger partial charge on any atom is -0.424 e. The van der Waals surface area contributed by atoms with E-state index in [1.165, 1.54) is 25.3 Å². The Balaban J connectivity index is 1.79. The van der Waals surface area contributed by atoms with Crippen LogP contribution in [0.2, 0.25) is 0 Å². The first-order valence-corrected chi connectivity index (χ1v) is 7.13. The second-order valence-electron chi connectivity index (χ2n) is 5.55. The third-order valence-electron chi connectivity index (χ3n) is 3.92. The van der Waals surface area contributed by atoms with Gasteiger partial charge in [-0.1, -0.05) is 12.1 Å². The molecule has 1 fully saturated rings. The van der Waals surface area contributed by atoms with Crippen LogP contribution in [0.15, 0.2) is 24.4 Å². The molecule has 3 rings (SSSR count). The largest absolute Gasteiger partial charge is 0.424 e. The standard InChI is InChI=1S/C16H20N2O2/c1-11(19)20-15-5-3-4-14-12(10-17-16(14)15)8-9-18(2)13-6-7-13/h3-5,10,13,17H,6-9H2,1-2H3. The molecule has 1 N–H and O–H groups in total. The van der Waals surface area contributed by atoms with Crippen LogP contribution >= 0.6 is 0 Å². The van der Waals surface area contributed by atoms with Crippen LogP contribution in [0.25, 0.3) is 10.9 Å². The van der Waals surface area contributed by atoms with Gasteiger partial charge in [-0.05, 0) is 37.9 Å². The van der Waals surface area contributed by atoms with Crippen LogP contribution in [0.3, 0.4) is 0 Å². The third kappa shape index (κ3) is 2.70. The highest BCUT2D eigenvalue weighted by Crippen LogP contribution is 2.29. The van der Waals surface area contributed by atoms with E-state index in [4.69, 9.17) is 4.74 Å². The predicted octanol–water partition coefficient (Wildman–Crippen LogP) is 2.73. The molecule has 0 bridgehead atoms. The second kappa shape index (κ2) is 5.29. The quantitative estimate of drug-likeness (QED) is 0.672. The number of carbonyl (C=O) groups is 1. The lowest BCUT2D eigenvalue weighted by molar-refractivity contribution is -0.131. The number of H-pyrrole nitrogens is 1. The maximum atomic E-state index is 11.1.